The van der Waals surface area contributed by atoms with E-state index in [1.807, 2.05) is 32.9 Å². The van der Waals surface area contributed by atoms with Gasteiger partial charge in [-0.1, -0.05) is 31.2 Å². The second-order valence-electron chi connectivity index (χ2n) is 7.16. The summed E-state index contributed by atoms with van der Waals surface area (Å²) in [6, 6.07) is 8.58. The topological polar surface area (TPSA) is 38.3 Å². The summed E-state index contributed by atoms with van der Waals surface area (Å²) in [7, 11) is 0. The minimum absolute atomic E-state index is 0.133. The summed E-state index contributed by atoms with van der Waals surface area (Å²) in [6.07, 6.45) is 2.41. The average molecular weight is 289 g/mol. The van der Waals surface area contributed by atoms with Crippen molar-refractivity contribution in [3.8, 4) is 0 Å². The number of carbonyl (C=O) groups excluding carboxylic acids is 1. The highest BCUT2D eigenvalue weighted by Gasteiger charge is 2.46. The molecule has 1 atom stereocenters. The smallest absolute Gasteiger partial charge is 0.327 e. The third-order valence-electron chi connectivity index (χ3n) is 4.03. The Morgan fingerprint density at radius 2 is 1.81 bits per heavy atom. The maximum atomic E-state index is 12.8. The fraction of sp³-hybridized carbons (Fsp3) is 0.611. The molecule has 1 aromatic rings. The minimum atomic E-state index is -0.619. The molecule has 0 spiro atoms. The molecule has 0 fully saturated rings. The van der Waals surface area contributed by atoms with Crippen molar-refractivity contribution in [3.05, 3.63) is 35.4 Å². The zero-order chi connectivity index (χ0) is 15.7. The van der Waals surface area contributed by atoms with Gasteiger partial charge in [0.15, 0.2) is 0 Å². The Balaban J connectivity index is 2.28. The van der Waals surface area contributed by atoms with E-state index in [9.17, 15) is 4.79 Å². The molecular formula is C18H27NO2. The number of hydrogen-bond acceptors (Lipinski definition) is 3. The fourth-order valence-corrected chi connectivity index (χ4v) is 2.87. The molecule has 1 aromatic carbocycles. The van der Waals surface area contributed by atoms with Crippen LogP contribution in [0.15, 0.2) is 24.3 Å². The van der Waals surface area contributed by atoms with Crippen LogP contribution in [0.25, 0.3) is 0 Å². The van der Waals surface area contributed by atoms with E-state index in [1.165, 1.54) is 11.1 Å². The van der Waals surface area contributed by atoms with Gasteiger partial charge in [0, 0.05) is 18.9 Å². The van der Waals surface area contributed by atoms with Crippen LogP contribution in [0.3, 0.4) is 0 Å². The lowest BCUT2D eigenvalue weighted by molar-refractivity contribution is -0.163. The molecule has 0 bridgehead atoms. The Kier molecular flexibility index (Phi) is 4.43. The molecule has 0 aromatic heterocycles. The van der Waals surface area contributed by atoms with E-state index in [1.54, 1.807) is 0 Å². The first-order valence-electron chi connectivity index (χ1n) is 7.84. The van der Waals surface area contributed by atoms with Gasteiger partial charge in [0.1, 0.15) is 11.1 Å². The number of nitrogens with one attached hydrogen (secondary N) is 1. The molecule has 1 N–H and O–H groups in total. The largest absolute Gasteiger partial charge is 0.459 e. The van der Waals surface area contributed by atoms with Gasteiger partial charge in [-0.05, 0) is 45.2 Å². The van der Waals surface area contributed by atoms with E-state index in [-0.39, 0.29) is 12.0 Å². The van der Waals surface area contributed by atoms with Crippen LogP contribution in [0.5, 0.6) is 0 Å². The zero-order valence-electron chi connectivity index (χ0n) is 13.8. The Labute approximate surface area is 128 Å². The van der Waals surface area contributed by atoms with Gasteiger partial charge in [-0.3, -0.25) is 10.1 Å². The molecule has 0 aliphatic heterocycles. The summed E-state index contributed by atoms with van der Waals surface area (Å²) in [4.78, 5) is 12.8. The third-order valence-corrected chi connectivity index (χ3v) is 4.03. The van der Waals surface area contributed by atoms with E-state index in [2.05, 4.69) is 31.3 Å². The van der Waals surface area contributed by atoms with Gasteiger partial charge in [0.2, 0.25) is 0 Å². The fourth-order valence-electron chi connectivity index (χ4n) is 2.87. The highest BCUT2D eigenvalue weighted by Crippen LogP contribution is 2.32. The van der Waals surface area contributed by atoms with Gasteiger partial charge in [-0.15, -0.1) is 0 Å². The summed E-state index contributed by atoms with van der Waals surface area (Å²) in [6.45, 7) is 10.0. The average Bonchev–Trinajstić information content (AvgIpc) is 2.75. The standard InChI is InChI=1S/C18H27NO2/c1-6-13(2)19-18(16(20)21-17(3,4)5)11-14-9-7-8-10-15(14)12-18/h7-10,13,19H,6,11-12H2,1-5H3. The SMILES string of the molecule is CCC(C)NC1(C(=O)OC(C)(C)C)Cc2ccccc2C1. The van der Waals surface area contributed by atoms with E-state index >= 15 is 0 Å². The Hall–Kier alpha value is -1.35. The second kappa shape index (κ2) is 5.80. The molecule has 3 nitrogen and oxygen atoms in total. The van der Waals surface area contributed by atoms with Crippen molar-refractivity contribution < 1.29 is 9.53 Å². The molecule has 1 unspecified atom stereocenters. The first kappa shape index (κ1) is 16.0. The zero-order valence-corrected chi connectivity index (χ0v) is 13.8. The van der Waals surface area contributed by atoms with Crippen LogP contribution in [0.1, 0.15) is 52.2 Å². The molecule has 1 aliphatic carbocycles. The molecule has 21 heavy (non-hydrogen) atoms. The molecule has 116 valence electrons. The third kappa shape index (κ3) is 3.65. The van der Waals surface area contributed by atoms with Crippen LogP contribution >= 0.6 is 0 Å². The first-order chi connectivity index (χ1) is 9.76. The van der Waals surface area contributed by atoms with Crippen molar-refractivity contribution in [2.24, 2.45) is 0 Å². The van der Waals surface area contributed by atoms with Crippen molar-refractivity contribution in [2.45, 2.75) is 71.1 Å². The Morgan fingerprint density at radius 1 is 1.29 bits per heavy atom. The molecule has 0 saturated heterocycles. The summed E-state index contributed by atoms with van der Waals surface area (Å²) >= 11 is 0. The molecule has 0 heterocycles. The quantitative estimate of drug-likeness (QED) is 0.865. The van der Waals surface area contributed by atoms with Crippen LogP contribution in [0.4, 0.5) is 0 Å². The maximum absolute atomic E-state index is 12.8. The predicted molar refractivity (Wildman–Crippen MR) is 85.3 cm³/mol. The van der Waals surface area contributed by atoms with Crippen molar-refractivity contribution in [2.75, 3.05) is 0 Å². The number of esters is 1. The first-order valence-corrected chi connectivity index (χ1v) is 7.84. The summed E-state index contributed by atoms with van der Waals surface area (Å²) < 4.78 is 5.70. The number of fused-ring (bicyclic) bond motifs is 1. The van der Waals surface area contributed by atoms with E-state index in [4.69, 9.17) is 4.74 Å². The van der Waals surface area contributed by atoms with E-state index in [0.717, 1.165) is 6.42 Å². The number of rotatable bonds is 4. The maximum Gasteiger partial charge on any atom is 0.327 e. The predicted octanol–water partition coefficient (Wildman–Crippen LogP) is 3.25. The van der Waals surface area contributed by atoms with Gasteiger partial charge in [-0.2, -0.15) is 0 Å². The van der Waals surface area contributed by atoms with Gasteiger partial charge >= 0.3 is 5.97 Å². The molecule has 3 heteroatoms. The van der Waals surface area contributed by atoms with Crippen molar-refractivity contribution >= 4 is 5.97 Å². The van der Waals surface area contributed by atoms with Gasteiger partial charge in [-0.25, -0.2) is 0 Å². The lowest BCUT2D eigenvalue weighted by Gasteiger charge is -2.34. The number of ether oxygens (including phenoxy) is 1. The summed E-state index contributed by atoms with van der Waals surface area (Å²) in [5.74, 6) is -0.133. The molecule has 1 aliphatic rings. The summed E-state index contributed by atoms with van der Waals surface area (Å²) in [5, 5.41) is 3.54. The molecule has 0 amide bonds. The monoisotopic (exact) mass is 289 g/mol. The van der Waals surface area contributed by atoms with E-state index < -0.39 is 11.1 Å². The lowest BCUT2D eigenvalue weighted by atomic mass is 9.93. The van der Waals surface area contributed by atoms with Crippen molar-refractivity contribution in [3.63, 3.8) is 0 Å². The molecule has 0 radical (unpaired) electrons. The highest BCUT2D eigenvalue weighted by molar-refractivity contribution is 5.83. The number of carbonyl (C=O) groups is 1. The second-order valence-corrected chi connectivity index (χ2v) is 7.16. The van der Waals surface area contributed by atoms with Gasteiger partial charge < -0.3 is 4.74 Å². The molecule has 0 saturated carbocycles. The Morgan fingerprint density at radius 3 is 2.24 bits per heavy atom. The van der Waals surface area contributed by atoms with Crippen LogP contribution in [0, 0.1) is 0 Å². The molecular weight excluding hydrogens is 262 g/mol. The number of benzene rings is 1. The molecule has 2 rings (SSSR count). The van der Waals surface area contributed by atoms with Gasteiger partial charge in [0.05, 0.1) is 0 Å². The Bertz CT molecular complexity index is 491. The summed E-state index contributed by atoms with van der Waals surface area (Å²) in [5.41, 5.74) is 1.42. The van der Waals surface area contributed by atoms with E-state index in [0.29, 0.717) is 12.8 Å². The van der Waals surface area contributed by atoms with Crippen molar-refractivity contribution in [1.29, 1.82) is 0 Å². The van der Waals surface area contributed by atoms with Gasteiger partial charge in [0.25, 0.3) is 0 Å². The van der Waals surface area contributed by atoms with Crippen LogP contribution in [-0.2, 0) is 22.4 Å². The van der Waals surface area contributed by atoms with Crippen molar-refractivity contribution in [1.82, 2.24) is 5.32 Å². The van der Waals surface area contributed by atoms with Crippen LogP contribution < -0.4 is 5.32 Å². The number of hydrogen-bond donors (Lipinski definition) is 1. The normalized spacial score (nSPS) is 18.1. The lowest BCUT2D eigenvalue weighted by Crippen LogP contribution is -2.58. The van der Waals surface area contributed by atoms with Crippen LogP contribution in [0.2, 0.25) is 0 Å². The minimum Gasteiger partial charge on any atom is -0.459 e. The van der Waals surface area contributed by atoms with Crippen LogP contribution in [-0.4, -0.2) is 23.2 Å². The highest BCUT2D eigenvalue weighted by atomic mass is 16.6.